The Morgan fingerprint density at radius 2 is 2.00 bits per heavy atom. The largest absolute Gasteiger partial charge is 0.359 e. The first-order valence-corrected chi connectivity index (χ1v) is 9.86. The van der Waals surface area contributed by atoms with Crippen molar-refractivity contribution in [3.8, 4) is 11.3 Å². The van der Waals surface area contributed by atoms with Gasteiger partial charge in [-0.15, -0.1) is 24.0 Å². The number of aliphatic imine (C=N–C) groups is 1. The number of rotatable bonds is 5. The Morgan fingerprint density at radius 3 is 2.66 bits per heavy atom. The summed E-state index contributed by atoms with van der Waals surface area (Å²) in [6, 6.07) is 14.4. The third kappa shape index (κ3) is 6.69. The second kappa shape index (κ2) is 11.7. The molecule has 0 saturated carbocycles. The maximum atomic E-state index is 11.6. The van der Waals surface area contributed by atoms with Crippen molar-refractivity contribution in [3.63, 3.8) is 0 Å². The number of hydrogen-bond acceptors (Lipinski definition) is 3. The van der Waals surface area contributed by atoms with Crippen molar-refractivity contribution in [1.82, 2.24) is 20.5 Å². The van der Waals surface area contributed by atoms with Crippen molar-refractivity contribution < 1.29 is 4.79 Å². The number of amides is 1. The van der Waals surface area contributed by atoms with Crippen molar-refractivity contribution in [2.75, 3.05) is 27.2 Å². The van der Waals surface area contributed by atoms with E-state index in [0.717, 1.165) is 43.1 Å². The van der Waals surface area contributed by atoms with Gasteiger partial charge in [-0.2, -0.15) is 0 Å². The molecule has 0 atom stereocenters. The van der Waals surface area contributed by atoms with Gasteiger partial charge in [0.15, 0.2) is 5.96 Å². The maximum Gasteiger partial charge on any atom is 0.220 e. The molecule has 0 unspecified atom stereocenters. The van der Waals surface area contributed by atoms with E-state index in [1.165, 1.54) is 5.56 Å². The van der Waals surface area contributed by atoms with Crippen LogP contribution in [0.15, 0.2) is 53.7 Å². The van der Waals surface area contributed by atoms with Crippen LogP contribution in [-0.4, -0.2) is 48.9 Å². The molecular formula is C22H30IN5O. The molecule has 0 bridgehead atoms. The number of benzene rings is 1. The normalized spacial score (nSPS) is 14.8. The summed E-state index contributed by atoms with van der Waals surface area (Å²) in [7, 11) is 3.52. The highest BCUT2D eigenvalue weighted by molar-refractivity contribution is 14.0. The van der Waals surface area contributed by atoms with Crippen LogP contribution in [0.5, 0.6) is 0 Å². The topological polar surface area (TPSA) is 69.6 Å². The average molecular weight is 507 g/mol. The van der Waals surface area contributed by atoms with Gasteiger partial charge in [-0.05, 0) is 42.5 Å². The Balaban J connectivity index is 0.00000300. The number of carbonyl (C=O) groups is 1. The number of aromatic nitrogens is 1. The molecule has 156 valence electrons. The Kier molecular flexibility index (Phi) is 9.37. The zero-order valence-electron chi connectivity index (χ0n) is 17.1. The van der Waals surface area contributed by atoms with E-state index in [1.54, 1.807) is 7.05 Å². The summed E-state index contributed by atoms with van der Waals surface area (Å²) in [4.78, 5) is 22.7. The molecule has 2 N–H and O–H groups in total. The Morgan fingerprint density at radius 1 is 1.21 bits per heavy atom. The van der Waals surface area contributed by atoms with Crippen LogP contribution in [-0.2, 0) is 11.3 Å². The number of carbonyl (C=O) groups excluding carboxylic acids is 1. The number of likely N-dealkylation sites (tertiary alicyclic amines) is 1. The van der Waals surface area contributed by atoms with E-state index in [0.29, 0.717) is 18.9 Å². The highest BCUT2D eigenvalue weighted by atomic mass is 127. The van der Waals surface area contributed by atoms with Gasteiger partial charge in [-0.1, -0.05) is 24.3 Å². The molecule has 2 aromatic rings. The Labute approximate surface area is 190 Å². The Bertz CT molecular complexity index is 804. The lowest BCUT2D eigenvalue weighted by atomic mass is 9.93. The molecule has 1 aromatic carbocycles. The van der Waals surface area contributed by atoms with Gasteiger partial charge in [-0.25, -0.2) is 0 Å². The summed E-state index contributed by atoms with van der Waals surface area (Å²) in [5.74, 6) is 1.51. The number of hydrogen-bond donors (Lipinski definition) is 2. The van der Waals surface area contributed by atoms with Gasteiger partial charge in [-0.3, -0.25) is 14.8 Å². The quantitative estimate of drug-likeness (QED) is 0.371. The van der Waals surface area contributed by atoms with Crippen molar-refractivity contribution in [2.45, 2.75) is 25.8 Å². The number of guanidine groups is 1. The Hall–Kier alpha value is -2.16. The summed E-state index contributed by atoms with van der Waals surface area (Å²) >= 11 is 0. The fraction of sp³-hybridized carbons (Fsp3) is 0.409. The highest BCUT2D eigenvalue weighted by Gasteiger charge is 2.23. The van der Waals surface area contributed by atoms with Crippen LogP contribution < -0.4 is 10.6 Å². The zero-order chi connectivity index (χ0) is 19.8. The van der Waals surface area contributed by atoms with Crippen molar-refractivity contribution in [1.29, 1.82) is 0 Å². The number of halogens is 1. The predicted octanol–water partition coefficient (Wildman–Crippen LogP) is 3.29. The number of nitrogens with zero attached hydrogens (tertiary/aromatic N) is 3. The summed E-state index contributed by atoms with van der Waals surface area (Å²) in [5.41, 5.74) is 3.29. The van der Waals surface area contributed by atoms with Crippen LogP contribution in [0.3, 0.4) is 0 Å². The molecule has 0 aliphatic carbocycles. The number of nitrogens with one attached hydrogen (secondary N) is 2. The SMILES string of the molecule is CN=C(NCc1cccc(-c2ccccn2)c1)N1CCC(CC(=O)NC)CC1.I. The molecule has 0 spiro atoms. The second-order valence-corrected chi connectivity index (χ2v) is 7.12. The van der Waals surface area contributed by atoms with Gasteiger partial charge < -0.3 is 15.5 Å². The minimum Gasteiger partial charge on any atom is -0.359 e. The van der Waals surface area contributed by atoms with Crippen LogP contribution in [0, 0.1) is 5.92 Å². The van der Waals surface area contributed by atoms with E-state index in [-0.39, 0.29) is 29.9 Å². The van der Waals surface area contributed by atoms with E-state index in [2.05, 4.69) is 49.8 Å². The minimum absolute atomic E-state index is 0. The first kappa shape index (κ1) is 23.1. The summed E-state index contributed by atoms with van der Waals surface area (Å²) < 4.78 is 0. The monoisotopic (exact) mass is 507 g/mol. The molecule has 1 fully saturated rings. The molecule has 1 aliphatic rings. The van der Waals surface area contributed by atoms with Crippen molar-refractivity contribution >= 4 is 35.8 Å². The molecule has 1 amide bonds. The average Bonchev–Trinajstić information content (AvgIpc) is 2.76. The molecule has 2 heterocycles. The fourth-order valence-corrected chi connectivity index (χ4v) is 3.60. The molecule has 29 heavy (non-hydrogen) atoms. The number of pyridine rings is 1. The maximum absolute atomic E-state index is 11.6. The lowest BCUT2D eigenvalue weighted by molar-refractivity contribution is -0.121. The van der Waals surface area contributed by atoms with Gasteiger partial charge in [0.25, 0.3) is 0 Å². The van der Waals surface area contributed by atoms with Crippen LogP contribution in [0.25, 0.3) is 11.3 Å². The first-order chi connectivity index (χ1) is 13.7. The first-order valence-electron chi connectivity index (χ1n) is 9.86. The van der Waals surface area contributed by atoms with E-state index in [1.807, 2.05) is 31.4 Å². The van der Waals surface area contributed by atoms with Gasteiger partial charge >= 0.3 is 0 Å². The van der Waals surface area contributed by atoms with Crippen LogP contribution >= 0.6 is 24.0 Å². The van der Waals surface area contributed by atoms with E-state index >= 15 is 0 Å². The summed E-state index contributed by atoms with van der Waals surface area (Å²) in [5, 5.41) is 6.20. The molecule has 1 saturated heterocycles. The number of piperidine rings is 1. The molecule has 3 rings (SSSR count). The molecule has 1 aliphatic heterocycles. The summed E-state index contributed by atoms with van der Waals surface area (Å²) in [6.07, 6.45) is 4.47. The van der Waals surface area contributed by atoms with Gasteiger partial charge in [0.05, 0.1) is 5.69 Å². The third-order valence-corrected chi connectivity index (χ3v) is 5.22. The minimum atomic E-state index is 0. The molecule has 0 radical (unpaired) electrons. The lowest BCUT2D eigenvalue weighted by Crippen LogP contribution is -2.45. The van der Waals surface area contributed by atoms with Crippen molar-refractivity contribution in [3.05, 3.63) is 54.2 Å². The van der Waals surface area contributed by atoms with Gasteiger partial charge in [0.1, 0.15) is 0 Å². The zero-order valence-corrected chi connectivity index (χ0v) is 19.4. The van der Waals surface area contributed by atoms with E-state index < -0.39 is 0 Å². The highest BCUT2D eigenvalue weighted by Crippen LogP contribution is 2.21. The van der Waals surface area contributed by atoms with Gasteiger partial charge in [0, 0.05) is 51.9 Å². The summed E-state index contributed by atoms with van der Waals surface area (Å²) in [6.45, 7) is 2.57. The molecular weight excluding hydrogens is 477 g/mol. The fourth-order valence-electron chi connectivity index (χ4n) is 3.60. The van der Waals surface area contributed by atoms with Crippen molar-refractivity contribution in [2.24, 2.45) is 10.9 Å². The van der Waals surface area contributed by atoms with E-state index in [9.17, 15) is 4.79 Å². The predicted molar refractivity (Wildman–Crippen MR) is 128 cm³/mol. The standard InChI is InChI=1S/C22H29N5O.HI/c1-23-21(28)15-17-9-12-27(13-10-17)22(24-2)26-16-18-6-5-7-19(14-18)20-8-3-4-11-25-20;/h3-8,11,14,17H,9-10,12-13,15-16H2,1-2H3,(H,23,28)(H,24,26);1H. The molecule has 6 nitrogen and oxygen atoms in total. The molecule has 1 aromatic heterocycles. The van der Waals surface area contributed by atoms with E-state index in [4.69, 9.17) is 0 Å². The van der Waals surface area contributed by atoms with Crippen LogP contribution in [0.2, 0.25) is 0 Å². The van der Waals surface area contributed by atoms with Gasteiger partial charge in [0.2, 0.25) is 5.91 Å². The van der Waals surface area contributed by atoms with Crippen LogP contribution in [0.1, 0.15) is 24.8 Å². The smallest absolute Gasteiger partial charge is 0.220 e. The third-order valence-electron chi connectivity index (χ3n) is 5.22. The lowest BCUT2D eigenvalue weighted by Gasteiger charge is -2.34. The molecule has 7 heteroatoms. The van der Waals surface area contributed by atoms with Crippen LogP contribution in [0.4, 0.5) is 0 Å². The second-order valence-electron chi connectivity index (χ2n) is 7.12.